The Morgan fingerprint density at radius 2 is 1.94 bits per heavy atom. The molecule has 2 fully saturated rings. The number of carbonyl (C=O) groups excluding carboxylic acids is 1. The number of carbonyl (C=O) groups is 1. The maximum atomic E-state index is 11.1. The molecule has 0 bridgehead atoms. The summed E-state index contributed by atoms with van der Waals surface area (Å²) in [5, 5.41) is 0. The summed E-state index contributed by atoms with van der Waals surface area (Å²) in [6.45, 7) is 4.63. The molecule has 3 nitrogen and oxygen atoms in total. The van der Waals surface area contributed by atoms with E-state index in [1.165, 1.54) is 19.3 Å². The predicted molar refractivity (Wildman–Crippen MR) is 61.1 cm³/mol. The standard InChI is InChI=1S/C13H22O3/c1-12(2,10-14)11-6-9-15-13(16-11)7-4-3-5-8-13/h10-11H,3-9H2,1-2H3/t11-/m0/s1. The summed E-state index contributed by atoms with van der Waals surface area (Å²) in [6, 6.07) is 0. The van der Waals surface area contributed by atoms with Crippen LogP contribution in [0.1, 0.15) is 52.4 Å². The number of ether oxygens (including phenoxy) is 2. The maximum absolute atomic E-state index is 11.1. The molecular weight excluding hydrogens is 204 g/mol. The van der Waals surface area contributed by atoms with Gasteiger partial charge >= 0.3 is 0 Å². The highest BCUT2D eigenvalue weighted by Crippen LogP contribution is 2.40. The van der Waals surface area contributed by atoms with Gasteiger partial charge in [-0.1, -0.05) is 20.3 Å². The van der Waals surface area contributed by atoms with Crippen LogP contribution in [0.2, 0.25) is 0 Å². The molecule has 0 radical (unpaired) electrons. The van der Waals surface area contributed by atoms with E-state index in [9.17, 15) is 4.79 Å². The first-order valence-electron chi connectivity index (χ1n) is 6.36. The lowest BCUT2D eigenvalue weighted by molar-refractivity contribution is -0.317. The van der Waals surface area contributed by atoms with E-state index < -0.39 is 5.41 Å². The summed E-state index contributed by atoms with van der Waals surface area (Å²) >= 11 is 0. The minimum absolute atomic E-state index is 0.0110. The van der Waals surface area contributed by atoms with Gasteiger partial charge in [0.15, 0.2) is 5.79 Å². The van der Waals surface area contributed by atoms with Crippen LogP contribution in [-0.2, 0) is 14.3 Å². The van der Waals surface area contributed by atoms with Gasteiger partial charge in [-0.05, 0) is 19.3 Å². The summed E-state index contributed by atoms with van der Waals surface area (Å²) in [4.78, 5) is 11.1. The summed E-state index contributed by atoms with van der Waals surface area (Å²) in [7, 11) is 0. The quantitative estimate of drug-likeness (QED) is 0.679. The second-order valence-corrected chi connectivity index (χ2v) is 5.65. The number of aldehydes is 1. The highest BCUT2D eigenvalue weighted by Gasteiger charge is 2.44. The third kappa shape index (κ3) is 2.30. The molecule has 2 aliphatic rings. The molecule has 1 aliphatic carbocycles. The Hall–Kier alpha value is -0.410. The highest BCUT2D eigenvalue weighted by molar-refractivity contribution is 5.59. The van der Waals surface area contributed by atoms with E-state index in [0.717, 1.165) is 32.2 Å². The van der Waals surface area contributed by atoms with Crippen LogP contribution in [-0.4, -0.2) is 24.8 Å². The molecule has 0 amide bonds. The first-order chi connectivity index (χ1) is 7.58. The lowest BCUT2D eigenvalue weighted by Crippen LogP contribution is -2.50. The van der Waals surface area contributed by atoms with Crippen molar-refractivity contribution >= 4 is 6.29 Å². The molecule has 0 N–H and O–H groups in total. The van der Waals surface area contributed by atoms with Crippen LogP contribution < -0.4 is 0 Å². The zero-order valence-corrected chi connectivity index (χ0v) is 10.3. The van der Waals surface area contributed by atoms with Crippen molar-refractivity contribution in [2.45, 2.75) is 64.3 Å². The van der Waals surface area contributed by atoms with Crippen molar-refractivity contribution in [3.63, 3.8) is 0 Å². The fourth-order valence-electron chi connectivity index (χ4n) is 2.66. The van der Waals surface area contributed by atoms with E-state index in [1.807, 2.05) is 13.8 Å². The maximum Gasteiger partial charge on any atom is 0.168 e. The molecule has 1 spiro atoms. The molecule has 0 aromatic rings. The summed E-state index contributed by atoms with van der Waals surface area (Å²) < 4.78 is 12.0. The highest BCUT2D eigenvalue weighted by atomic mass is 16.7. The van der Waals surface area contributed by atoms with Gasteiger partial charge in [-0.15, -0.1) is 0 Å². The zero-order valence-electron chi connectivity index (χ0n) is 10.3. The molecule has 1 saturated carbocycles. The van der Waals surface area contributed by atoms with Crippen molar-refractivity contribution in [1.29, 1.82) is 0 Å². The topological polar surface area (TPSA) is 35.5 Å². The van der Waals surface area contributed by atoms with Crippen LogP contribution in [0.3, 0.4) is 0 Å². The number of hydrogen-bond acceptors (Lipinski definition) is 3. The monoisotopic (exact) mass is 226 g/mol. The van der Waals surface area contributed by atoms with Crippen LogP contribution in [0.4, 0.5) is 0 Å². The third-order valence-corrected chi connectivity index (χ3v) is 3.85. The Morgan fingerprint density at radius 3 is 2.56 bits per heavy atom. The van der Waals surface area contributed by atoms with Gasteiger partial charge in [0.05, 0.1) is 12.7 Å². The van der Waals surface area contributed by atoms with Crippen LogP contribution in [0.15, 0.2) is 0 Å². The molecule has 2 rings (SSSR count). The van der Waals surface area contributed by atoms with Gasteiger partial charge in [-0.25, -0.2) is 0 Å². The SMILES string of the molecule is CC(C)(C=O)[C@@H]1CCOC2(CCCCC2)O1. The normalized spacial score (nSPS) is 30.2. The van der Waals surface area contributed by atoms with E-state index >= 15 is 0 Å². The Balaban J connectivity index is 2.06. The molecule has 3 heteroatoms. The molecule has 0 aromatic heterocycles. The van der Waals surface area contributed by atoms with E-state index in [4.69, 9.17) is 9.47 Å². The fraction of sp³-hybridized carbons (Fsp3) is 0.923. The Labute approximate surface area is 97.5 Å². The number of hydrogen-bond donors (Lipinski definition) is 0. The molecule has 92 valence electrons. The molecule has 1 heterocycles. The van der Waals surface area contributed by atoms with Gasteiger partial charge in [0.2, 0.25) is 0 Å². The van der Waals surface area contributed by atoms with Crippen LogP contribution in [0, 0.1) is 5.41 Å². The van der Waals surface area contributed by atoms with Crippen LogP contribution in [0.5, 0.6) is 0 Å². The second kappa shape index (κ2) is 4.46. The first-order valence-corrected chi connectivity index (χ1v) is 6.36. The zero-order chi connectivity index (χ0) is 11.6. The summed E-state index contributed by atoms with van der Waals surface area (Å²) in [6.07, 6.45) is 7.44. The largest absolute Gasteiger partial charge is 0.350 e. The van der Waals surface area contributed by atoms with Gasteiger partial charge in [0, 0.05) is 18.3 Å². The van der Waals surface area contributed by atoms with Gasteiger partial charge in [-0.2, -0.15) is 0 Å². The van der Waals surface area contributed by atoms with Crippen molar-refractivity contribution in [2.24, 2.45) is 5.41 Å². The van der Waals surface area contributed by atoms with Crippen molar-refractivity contribution in [3.8, 4) is 0 Å². The Kier molecular flexibility index (Phi) is 3.36. The Bertz CT molecular complexity index is 248. The van der Waals surface area contributed by atoms with Crippen molar-refractivity contribution in [2.75, 3.05) is 6.61 Å². The Morgan fingerprint density at radius 1 is 1.25 bits per heavy atom. The molecule has 0 aromatic carbocycles. The van der Waals surface area contributed by atoms with Crippen molar-refractivity contribution < 1.29 is 14.3 Å². The average Bonchev–Trinajstić information content (AvgIpc) is 2.30. The predicted octanol–water partition coefficient (Wildman–Crippen LogP) is 2.68. The smallest absolute Gasteiger partial charge is 0.168 e. The second-order valence-electron chi connectivity index (χ2n) is 5.65. The molecular formula is C13H22O3. The lowest BCUT2D eigenvalue weighted by Gasteiger charge is -2.46. The van der Waals surface area contributed by atoms with Gasteiger partial charge in [0.1, 0.15) is 6.29 Å². The minimum Gasteiger partial charge on any atom is -0.350 e. The fourth-order valence-corrected chi connectivity index (χ4v) is 2.66. The van der Waals surface area contributed by atoms with E-state index in [1.54, 1.807) is 0 Å². The molecule has 16 heavy (non-hydrogen) atoms. The van der Waals surface area contributed by atoms with E-state index in [0.29, 0.717) is 0 Å². The minimum atomic E-state index is -0.395. The van der Waals surface area contributed by atoms with Gasteiger partial charge < -0.3 is 14.3 Å². The van der Waals surface area contributed by atoms with Crippen LogP contribution >= 0.6 is 0 Å². The lowest BCUT2D eigenvalue weighted by atomic mass is 9.84. The third-order valence-electron chi connectivity index (χ3n) is 3.85. The van der Waals surface area contributed by atoms with Gasteiger partial charge in [-0.3, -0.25) is 0 Å². The van der Waals surface area contributed by atoms with Crippen molar-refractivity contribution in [3.05, 3.63) is 0 Å². The summed E-state index contributed by atoms with van der Waals surface area (Å²) in [5.41, 5.74) is -0.395. The molecule has 0 unspecified atom stereocenters. The summed E-state index contributed by atoms with van der Waals surface area (Å²) in [5.74, 6) is -0.374. The first kappa shape index (κ1) is 12.1. The van der Waals surface area contributed by atoms with E-state index in [2.05, 4.69) is 0 Å². The molecule has 1 saturated heterocycles. The van der Waals surface area contributed by atoms with Crippen molar-refractivity contribution in [1.82, 2.24) is 0 Å². The molecule has 1 aliphatic heterocycles. The van der Waals surface area contributed by atoms with Gasteiger partial charge in [0.25, 0.3) is 0 Å². The number of rotatable bonds is 2. The van der Waals surface area contributed by atoms with Crippen LogP contribution in [0.25, 0.3) is 0 Å². The average molecular weight is 226 g/mol. The molecule has 1 atom stereocenters. The van der Waals surface area contributed by atoms with E-state index in [-0.39, 0.29) is 11.9 Å².